The van der Waals surface area contributed by atoms with Crippen molar-refractivity contribution in [1.82, 2.24) is 5.32 Å². The second-order valence-electron chi connectivity index (χ2n) is 6.54. The Bertz CT molecular complexity index is 765. The zero-order chi connectivity index (χ0) is 18.4. The first kappa shape index (κ1) is 18.0. The fourth-order valence-corrected chi connectivity index (χ4v) is 3.23. The molecule has 5 nitrogen and oxygen atoms in total. The van der Waals surface area contributed by atoms with Gasteiger partial charge in [-0.05, 0) is 49.2 Å². The molecular weight excluding hydrogens is 328 g/mol. The molecule has 3 rings (SSSR count). The summed E-state index contributed by atoms with van der Waals surface area (Å²) in [6.07, 6.45) is 5.69. The van der Waals surface area contributed by atoms with E-state index < -0.39 is 0 Å². The molecule has 2 aromatic carbocycles. The molecule has 0 aromatic heterocycles. The third-order valence-corrected chi connectivity index (χ3v) is 4.70. The topological polar surface area (TPSA) is 67.4 Å². The zero-order valence-corrected chi connectivity index (χ0v) is 15.0. The number of ether oxygens (including phenoxy) is 1. The van der Waals surface area contributed by atoms with Gasteiger partial charge in [0.2, 0.25) is 0 Å². The van der Waals surface area contributed by atoms with Crippen LogP contribution >= 0.6 is 0 Å². The maximum Gasteiger partial charge on any atom is 0.255 e. The molecule has 0 bridgehead atoms. The van der Waals surface area contributed by atoms with Crippen LogP contribution in [0.15, 0.2) is 48.5 Å². The Morgan fingerprint density at radius 3 is 2.15 bits per heavy atom. The van der Waals surface area contributed by atoms with Gasteiger partial charge in [0.1, 0.15) is 5.75 Å². The molecule has 2 aromatic rings. The zero-order valence-electron chi connectivity index (χ0n) is 15.0. The molecule has 2 amide bonds. The predicted molar refractivity (Wildman–Crippen MR) is 102 cm³/mol. The molecule has 0 unspecified atom stereocenters. The molecule has 5 heteroatoms. The first-order valence-electron chi connectivity index (χ1n) is 9.02. The molecule has 1 aliphatic rings. The van der Waals surface area contributed by atoms with Gasteiger partial charge >= 0.3 is 0 Å². The van der Waals surface area contributed by atoms with Crippen LogP contribution in [0.2, 0.25) is 0 Å². The van der Waals surface area contributed by atoms with Gasteiger partial charge in [-0.15, -0.1) is 0 Å². The molecule has 26 heavy (non-hydrogen) atoms. The minimum atomic E-state index is -0.242. The summed E-state index contributed by atoms with van der Waals surface area (Å²) >= 11 is 0. The van der Waals surface area contributed by atoms with E-state index in [0.29, 0.717) is 22.6 Å². The normalized spacial score (nSPS) is 14.5. The van der Waals surface area contributed by atoms with E-state index in [1.807, 2.05) is 12.1 Å². The van der Waals surface area contributed by atoms with Crippen molar-refractivity contribution in [1.29, 1.82) is 0 Å². The maximum absolute atomic E-state index is 12.4. The lowest BCUT2D eigenvalue weighted by Crippen LogP contribution is -2.36. The summed E-state index contributed by atoms with van der Waals surface area (Å²) in [7, 11) is 1.56. The van der Waals surface area contributed by atoms with Gasteiger partial charge in [-0.1, -0.05) is 31.4 Å². The van der Waals surface area contributed by atoms with Crippen LogP contribution in [0.5, 0.6) is 5.75 Å². The fraction of sp³-hybridized carbons (Fsp3) is 0.333. The molecule has 0 atom stereocenters. The molecule has 136 valence electrons. The van der Waals surface area contributed by atoms with Crippen LogP contribution in [0.3, 0.4) is 0 Å². The summed E-state index contributed by atoms with van der Waals surface area (Å²) in [5.74, 6) is 0.284. The molecule has 2 N–H and O–H groups in total. The number of carbonyl (C=O) groups is 2. The summed E-state index contributed by atoms with van der Waals surface area (Å²) in [5, 5.41) is 5.91. The van der Waals surface area contributed by atoms with Gasteiger partial charge in [-0.2, -0.15) is 0 Å². The number of benzene rings is 2. The monoisotopic (exact) mass is 352 g/mol. The second kappa shape index (κ2) is 8.52. The first-order valence-corrected chi connectivity index (χ1v) is 9.02. The van der Waals surface area contributed by atoms with Crippen molar-refractivity contribution in [3.8, 4) is 5.75 Å². The van der Waals surface area contributed by atoms with Crippen LogP contribution in [0, 0.1) is 0 Å². The standard InChI is InChI=1S/C21H24N2O3/c1-26-19-10-6-5-9-18(19)23-21(25)16-13-11-15(12-14-16)20(24)22-17-7-3-2-4-8-17/h5-6,9-14,17H,2-4,7-8H2,1H3,(H,22,24)(H,23,25). The number of nitrogens with one attached hydrogen (secondary N) is 2. The highest BCUT2D eigenvalue weighted by atomic mass is 16.5. The molecule has 0 heterocycles. The van der Waals surface area contributed by atoms with Gasteiger partial charge in [-0.3, -0.25) is 9.59 Å². The van der Waals surface area contributed by atoms with Crippen LogP contribution in [-0.2, 0) is 0 Å². The number of para-hydroxylation sites is 2. The molecule has 1 saturated carbocycles. The third-order valence-electron chi connectivity index (χ3n) is 4.70. The lowest BCUT2D eigenvalue weighted by molar-refractivity contribution is 0.0926. The van der Waals surface area contributed by atoms with Crippen molar-refractivity contribution >= 4 is 17.5 Å². The van der Waals surface area contributed by atoms with E-state index in [1.54, 1.807) is 43.5 Å². The summed E-state index contributed by atoms with van der Waals surface area (Å²) in [4.78, 5) is 24.8. The minimum absolute atomic E-state index is 0.0754. The lowest BCUT2D eigenvalue weighted by Gasteiger charge is -2.22. The van der Waals surface area contributed by atoms with E-state index >= 15 is 0 Å². The van der Waals surface area contributed by atoms with Crippen LogP contribution in [0.25, 0.3) is 0 Å². The van der Waals surface area contributed by atoms with Gasteiger partial charge in [-0.25, -0.2) is 0 Å². The van der Waals surface area contributed by atoms with Crippen molar-refractivity contribution < 1.29 is 14.3 Å². The molecule has 0 saturated heterocycles. The first-order chi connectivity index (χ1) is 12.7. The number of carbonyl (C=O) groups excluding carboxylic acids is 2. The van der Waals surface area contributed by atoms with Crippen LogP contribution in [0.1, 0.15) is 52.8 Å². The van der Waals surface area contributed by atoms with E-state index in [4.69, 9.17) is 4.74 Å². The Morgan fingerprint density at radius 1 is 0.885 bits per heavy atom. The fourth-order valence-electron chi connectivity index (χ4n) is 3.23. The number of rotatable bonds is 5. The average Bonchev–Trinajstić information content (AvgIpc) is 2.69. The van der Waals surface area contributed by atoms with E-state index in [0.717, 1.165) is 12.8 Å². The highest BCUT2D eigenvalue weighted by molar-refractivity contribution is 6.05. The lowest BCUT2D eigenvalue weighted by atomic mass is 9.95. The Balaban J connectivity index is 1.63. The predicted octanol–water partition coefficient (Wildman–Crippen LogP) is 4.01. The van der Waals surface area contributed by atoms with Crippen LogP contribution in [-0.4, -0.2) is 25.0 Å². The summed E-state index contributed by atoms with van der Waals surface area (Å²) < 4.78 is 5.24. The molecule has 0 spiro atoms. The number of anilines is 1. The van der Waals surface area contributed by atoms with Gasteiger partial charge in [0.05, 0.1) is 12.8 Å². The number of methoxy groups -OCH3 is 1. The SMILES string of the molecule is COc1ccccc1NC(=O)c1ccc(C(=O)NC2CCCCC2)cc1. The molecular formula is C21H24N2O3. The number of hydrogen-bond donors (Lipinski definition) is 2. The minimum Gasteiger partial charge on any atom is -0.495 e. The quantitative estimate of drug-likeness (QED) is 0.854. The smallest absolute Gasteiger partial charge is 0.255 e. The van der Waals surface area contributed by atoms with Gasteiger partial charge < -0.3 is 15.4 Å². The van der Waals surface area contributed by atoms with E-state index in [2.05, 4.69) is 10.6 Å². The van der Waals surface area contributed by atoms with Crippen molar-refractivity contribution in [2.75, 3.05) is 12.4 Å². The average molecular weight is 352 g/mol. The Morgan fingerprint density at radius 2 is 1.50 bits per heavy atom. The molecule has 1 fully saturated rings. The highest BCUT2D eigenvalue weighted by Gasteiger charge is 2.17. The van der Waals surface area contributed by atoms with E-state index in [9.17, 15) is 9.59 Å². The van der Waals surface area contributed by atoms with Crippen molar-refractivity contribution in [3.63, 3.8) is 0 Å². The number of amides is 2. The van der Waals surface area contributed by atoms with Crippen LogP contribution < -0.4 is 15.4 Å². The van der Waals surface area contributed by atoms with Crippen LogP contribution in [0.4, 0.5) is 5.69 Å². The Kier molecular flexibility index (Phi) is 5.89. The van der Waals surface area contributed by atoms with Gasteiger partial charge in [0.25, 0.3) is 11.8 Å². The van der Waals surface area contributed by atoms with Crippen molar-refractivity contribution in [3.05, 3.63) is 59.7 Å². The van der Waals surface area contributed by atoms with Gasteiger partial charge in [0.15, 0.2) is 0 Å². The second-order valence-corrected chi connectivity index (χ2v) is 6.54. The molecule has 0 radical (unpaired) electrons. The van der Waals surface area contributed by atoms with Crippen molar-refractivity contribution in [2.24, 2.45) is 0 Å². The molecule has 0 aliphatic heterocycles. The molecule has 1 aliphatic carbocycles. The van der Waals surface area contributed by atoms with Gasteiger partial charge in [0, 0.05) is 17.2 Å². The number of hydrogen-bond acceptors (Lipinski definition) is 3. The summed E-state index contributed by atoms with van der Waals surface area (Å²) in [6, 6.07) is 14.2. The largest absolute Gasteiger partial charge is 0.495 e. The third kappa shape index (κ3) is 4.42. The van der Waals surface area contributed by atoms with Crippen molar-refractivity contribution in [2.45, 2.75) is 38.1 Å². The Labute approximate surface area is 153 Å². The Hall–Kier alpha value is -2.82. The maximum atomic E-state index is 12.4. The summed E-state index contributed by atoms with van der Waals surface area (Å²) in [6.45, 7) is 0. The van der Waals surface area contributed by atoms with E-state index in [1.165, 1.54) is 19.3 Å². The summed E-state index contributed by atoms with van der Waals surface area (Å²) in [5.41, 5.74) is 1.67. The highest BCUT2D eigenvalue weighted by Crippen LogP contribution is 2.23. The van der Waals surface area contributed by atoms with E-state index in [-0.39, 0.29) is 17.9 Å².